The summed E-state index contributed by atoms with van der Waals surface area (Å²) < 4.78 is 5.29. The zero-order valence-electron chi connectivity index (χ0n) is 13.9. The van der Waals surface area contributed by atoms with E-state index in [0.29, 0.717) is 10.8 Å². The van der Waals surface area contributed by atoms with Gasteiger partial charge in [0.15, 0.2) is 5.82 Å². The van der Waals surface area contributed by atoms with Crippen LogP contribution in [0.4, 0.5) is 5.82 Å². The fourth-order valence-corrected chi connectivity index (χ4v) is 3.22. The van der Waals surface area contributed by atoms with E-state index in [0.717, 1.165) is 45.6 Å². The molecule has 2 aromatic heterocycles. The first-order chi connectivity index (χ1) is 12.2. The van der Waals surface area contributed by atoms with Crippen molar-refractivity contribution in [1.29, 1.82) is 0 Å². The Balaban J connectivity index is 2.01. The van der Waals surface area contributed by atoms with Crippen LogP contribution in [0.25, 0.3) is 33.2 Å². The van der Waals surface area contributed by atoms with Crippen LogP contribution in [0, 0.1) is 0 Å². The Bertz CT molecular complexity index is 1070. The molecule has 6 heteroatoms. The van der Waals surface area contributed by atoms with Crippen molar-refractivity contribution in [3.63, 3.8) is 0 Å². The van der Waals surface area contributed by atoms with E-state index in [-0.39, 0.29) is 0 Å². The average molecular weight is 353 g/mol. The number of halogens is 1. The normalized spacial score (nSPS) is 11.2. The Kier molecular flexibility index (Phi) is 3.93. The number of rotatable bonds is 4. The van der Waals surface area contributed by atoms with Crippen LogP contribution < -0.4 is 10.1 Å². The van der Waals surface area contributed by atoms with Gasteiger partial charge in [0.2, 0.25) is 0 Å². The van der Waals surface area contributed by atoms with Gasteiger partial charge in [0.1, 0.15) is 11.4 Å². The lowest BCUT2D eigenvalue weighted by Crippen LogP contribution is -2.04. The molecule has 0 unspecified atom stereocenters. The minimum atomic E-state index is 0.520. The highest BCUT2D eigenvalue weighted by molar-refractivity contribution is 6.32. The number of ether oxygens (including phenoxy) is 1. The van der Waals surface area contributed by atoms with Crippen LogP contribution in [-0.2, 0) is 0 Å². The number of H-pyrrole nitrogens is 1. The van der Waals surface area contributed by atoms with Crippen molar-refractivity contribution in [2.24, 2.45) is 0 Å². The maximum absolute atomic E-state index is 6.27. The van der Waals surface area contributed by atoms with Crippen molar-refractivity contribution in [2.45, 2.75) is 6.92 Å². The number of benzene rings is 2. The molecule has 0 fully saturated rings. The first kappa shape index (κ1) is 15.7. The summed E-state index contributed by atoms with van der Waals surface area (Å²) in [6.07, 6.45) is 1.93. The van der Waals surface area contributed by atoms with Gasteiger partial charge >= 0.3 is 0 Å². The lowest BCUT2D eigenvalue weighted by molar-refractivity contribution is 0.415. The van der Waals surface area contributed by atoms with Crippen LogP contribution in [0.3, 0.4) is 0 Å². The first-order valence-corrected chi connectivity index (χ1v) is 8.44. The molecule has 0 aliphatic rings. The third-order valence-corrected chi connectivity index (χ3v) is 4.43. The molecule has 0 spiro atoms. The number of nitrogens with one attached hydrogen (secondary N) is 2. The van der Waals surface area contributed by atoms with Crippen molar-refractivity contribution in [2.75, 3.05) is 19.0 Å². The fraction of sp³-hybridized carbons (Fsp3) is 0.158. The van der Waals surface area contributed by atoms with E-state index < -0.39 is 0 Å². The van der Waals surface area contributed by atoms with E-state index in [1.54, 1.807) is 13.2 Å². The van der Waals surface area contributed by atoms with Crippen LogP contribution in [-0.4, -0.2) is 28.6 Å². The number of fused-ring (bicyclic) bond motifs is 2. The van der Waals surface area contributed by atoms with Gasteiger partial charge in [-0.15, -0.1) is 0 Å². The van der Waals surface area contributed by atoms with E-state index >= 15 is 0 Å². The molecule has 0 saturated carbocycles. The number of anilines is 1. The Hall–Kier alpha value is -2.79. The predicted octanol–water partition coefficient (Wildman–Crippen LogP) is 4.87. The van der Waals surface area contributed by atoms with Crippen LogP contribution in [0.2, 0.25) is 5.02 Å². The Morgan fingerprint density at radius 3 is 2.80 bits per heavy atom. The van der Waals surface area contributed by atoms with Crippen molar-refractivity contribution >= 4 is 39.4 Å². The Morgan fingerprint density at radius 1 is 1.16 bits per heavy atom. The molecule has 0 radical (unpaired) electrons. The molecular weight excluding hydrogens is 336 g/mol. The fourth-order valence-electron chi connectivity index (χ4n) is 2.98. The SMILES string of the molecule is CCNc1nc2cc(OC)c(Cl)cc2nc1-c1cccc2[nH]ccc12. The molecule has 2 heterocycles. The summed E-state index contributed by atoms with van der Waals surface area (Å²) >= 11 is 6.27. The summed E-state index contributed by atoms with van der Waals surface area (Å²) in [6.45, 7) is 2.79. The smallest absolute Gasteiger partial charge is 0.153 e. The van der Waals surface area contributed by atoms with E-state index in [4.69, 9.17) is 26.3 Å². The Labute approximate surface area is 150 Å². The van der Waals surface area contributed by atoms with E-state index in [2.05, 4.69) is 16.4 Å². The molecule has 0 bridgehead atoms. The second-order valence-corrected chi connectivity index (χ2v) is 6.08. The lowest BCUT2D eigenvalue weighted by atomic mass is 10.1. The highest BCUT2D eigenvalue weighted by Crippen LogP contribution is 2.35. The second kappa shape index (κ2) is 6.26. The molecule has 5 nitrogen and oxygen atoms in total. The van der Waals surface area contributed by atoms with Crippen LogP contribution in [0.15, 0.2) is 42.6 Å². The van der Waals surface area contributed by atoms with Crippen molar-refractivity contribution in [3.05, 3.63) is 47.6 Å². The van der Waals surface area contributed by atoms with Gasteiger partial charge in [0.05, 0.1) is 23.2 Å². The van der Waals surface area contributed by atoms with Crippen LogP contribution in [0.5, 0.6) is 5.75 Å². The number of hydrogen-bond donors (Lipinski definition) is 2. The number of hydrogen-bond acceptors (Lipinski definition) is 4. The molecule has 4 rings (SSSR count). The second-order valence-electron chi connectivity index (χ2n) is 5.67. The standard InChI is InChI=1S/C19H17ClN4O/c1-3-21-19-18(12-5-4-6-14-11(12)7-8-22-14)23-15-9-13(20)17(25-2)10-16(15)24-19/h4-10,22H,3H2,1-2H3,(H,21,24). The topological polar surface area (TPSA) is 62.8 Å². The summed E-state index contributed by atoms with van der Waals surface area (Å²) in [4.78, 5) is 12.8. The molecule has 0 atom stereocenters. The van der Waals surface area contributed by atoms with Crippen molar-refractivity contribution in [1.82, 2.24) is 15.0 Å². The number of methoxy groups -OCH3 is 1. The molecule has 0 amide bonds. The monoisotopic (exact) mass is 352 g/mol. The van der Waals surface area contributed by atoms with E-state index in [9.17, 15) is 0 Å². The summed E-state index contributed by atoms with van der Waals surface area (Å²) in [5, 5.41) is 4.94. The highest BCUT2D eigenvalue weighted by Gasteiger charge is 2.15. The van der Waals surface area contributed by atoms with Gasteiger partial charge in [0, 0.05) is 35.3 Å². The van der Waals surface area contributed by atoms with Crippen LogP contribution in [0.1, 0.15) is 6.92 Å². The quantitative estimate of drug-likeness (QED) is 0.550. The zero-order valence-corrected chi connectivity index (χ0v) is 14.7. The van der Waals surface area contributed by atoms with Crippen molar-refractivity contribution < 1.29 is 4.74 Å². The maximum Gasteiger partial charge on any atom is 0.153 e. The van der Waals surface area contributed by atoms with Gasteiger partial charge in [-0.3, -0.25) is 0 Å². The van der Waals surface area contributed by atoms with Gasteiger partial charge in [-0.25, -0.2) is 9.97 Å². The van der Waals surface area contributed by atoms with E-state index in [1.165, 1.54) is 0 Å². The van der Waals surface area contributed by atoms with Gasteiger partial charge in [-0.1, -0.05) is 23.7 Å². The summed E-state index contributed by atoms with van der Waals surface area (Å²) in [5.74, 6) is 1.33. The summed E-state index contributed by atoms with van der Waals surface area (Å²) in [7, 11) is 1.59. The van der Waals surface area contributed by atoms with Crippen LogP contribution >= 0.6 is 11.6 Å². The van der Waals surface area contributed by atoms with E-state index in [1.807, 2.05) is 37.4 Å². The minimum absolute atomic E-state index is 0.520. The molecular formula is C19H17ClN4O. The average Bonchev–Trinajstić information content (AvgIpc) is 3.10. The minimum Gasteiger partial charge on any atom is -0.495 e. The number of aromatic amines is 1. The summed E-state index contributed by atoms with van der Waals surface area (Å²) in [5.41, 5.74) is 4.36. The summed E-state index contributed by atoms with van der Waals surface area (Å²) in [6, 6.07) is 11.8. The lowest BCUT2D eigenvalue weighted by Gasteiger charge is -2.13. The molecule has 0 aliphatic heterocycles. The third kappa shape index (κ3) is 2.66. The molecule has 0 aliphatic carbocycles. The van der Waals surface area contributed by atoms with Gasteiger partial charge in [0.25, 0.3) is 0 Å². The zero-order chi connectivity index (χ0) is 17.4. The molecule has 126 valence electrons. The predicted molar refractivity (Wildman–Crippen MR) is 103 cm³/mol. The maximum atomic E-state index is 6.27. The van der Waals surface area contributed by atoms with Crippen molar-refractivity contribution in [3.8, 4) is 17.0 Å². The Morgan fingerprint density at radius 2 is 2.00 bits per heavy atom. The molecule has 25 heavy (non-hydrogen) atoms. The largest absolute Gasteiger partial charge is 0.495 e. The van der Waals surface area contributed by atoms with Gasteiger partial charge in [-0.05, 0) is 25.1 Å². The molecule has 2 N–H and O–H groups in total. The van der Waals surface area contributed by atoms with Gasteiger partial charge in [-0.2, -0.15) is 0 Å². The third-order valence-electron chi connectivity index (χ3n) is 4.13. The first-order valence-electron chi connectivity index (χ1n) is 8.07. The number of aromatic nitrogens is 3. The molecule has 4 aromatic rings. The van der Waals surface area contributed by atoms with Gasteiger partial charge < -0.3 is 15.0 Å². The molecule has 0 saturated heterocycles. The highest BCUT2D eigenvalue weighted by atomic mass is 35.5. The molecule has 2 aromatic carbocycles. The number of nitrogens with zero attached hydrogens (tertiary/aromatic N) is 2.